The van der Waals surface area contributed by atoms with Gasteiger partial charge in [-0.15, -0.1) is 0 Å². The first-order valence-corrected chi connectivity index (χ1v) is 23.2. The first-order chi connectivity index (χ1) is 30.2. The lowest BCUT2D eigenvalue weighted by Crippen LogP contribution is -2.79. The molecule has 10 rings (SSSR count). The molecule has 1 spiro atoms. The van der Waals surface area contributed by atoms with Gasteiger partial charge in [0.15, 0.2) is 6.10 Å². The number of nitrogens with zero attached hydrogens (tertiary/aromatic N) is 4. The van der Waals surface area contributed by atoms with Crippen molar-refractivity contribution < 1.29 is 43.5 Å². The second kappa shape index (κ2) is 14.9. The van der Waals surface area contributed by atoms with Gasteiger partial charge in [0.25, 0.3) is 0 Å². The zero-order valence-corrected chi connectivity index (χ0v) is 37.9. The molecule has 2 aliphatic carbocycles. The van der Waals surface area contributed by atoms with Gasteiger partial charge in [-0.05, 0) is 92.8 Å². The van der Waals surface area contributed by atoms with Crippen molar-refractivity contribution in [1.29, 1.82) is 0 Å². The Kier molecular flexibility index (Phi) is 10.1. The minimum atomic E-state index is -2.29. The van der Waals surface area contributed by atoms with Gasteiger partial charge in [-0.3, -0.25) is 19.4 Å². The number of anilines is 1. The fourth-order valence-corrected chi connectivity index (χ4v) is 14.8. The number of likely N-dealkylation sites (N-methyl/N-ethyl adjacent to an activating group) is 1. The second-order valence-electron chi connectivity index (χ2n) is 20.1. The zero-order valence-electron chi connectivity index (χ0n) is 37.9. The number of benzene rings is 1. The van der Waals surface area contributed by atoms with Gasteiger partial charge in [0, 0.05) is 111 Å². The molecule has 3 unspecified atom stereocenters. The van der Waals surface area contributed by atoms with Crippen LogP contribution in [0.1, 0.15) is 70.6 Å². The van der Waals surface area contributed by atoms with E-state index in [0.29, 0.717) is 58.2 Å². The third-order valence-corrected chi connectivity index (χ3v) is 17.3. The van der Waals surface area contributed by atoms with Crippen LogP contribution in [-0.2, 0) is 45.2 Å². The summed E-state index contributed by atoms with van der Waals surface area (Å²) in [5.74, 6) is -2.52. The number of carbonyl (C=O) groups excluding carboxylic acids is 3. The number of hydrogen-bond acceptors (Lipinski definition) is 13. The zero-order chi connectivity index (χ0) is 44.4. The molecule has 1 aromatic heterocycles. The molecule has 14 heteroatoms. The molecule has 0 amide bonds. The largest absolute Gasteiger partial charge is 0.468 e. The van der Waals surface area contributed by atoms with Crippen molar-refractivity contribution in [3.8, 4) is 0 Å². The Labute approximate surface area is 370 Å². The van der Waals surface area contributed by atoms with E-state index < -0.39 is 63.6 Å². The minimum Gasteiger partial charge on any atom is -0.468 e. The third-order valence-electron chi connectivity index (χ3n) is 17.3. The molecular weight excluding hydrogens is 803 g/mol. The summed E-state index contributed by atoms with van der Waals surface area (Å²) < 4.78 is 24.3. The van der Waals surface area contributed by atoms with Crippen molar-refractivity contribution in [2.75, 3.05) is 79.1 Å². The van der Waals surface area contributed by atoms with Crippen LogP contribution in [0, 0.1) is 22.7 Å². The SMILES string of the molecule is CC[C@]1(O)C[C@H]2CN(CCc3c([nH]c4ccc(N5CCC5)cc34)[C@@](C(=O)OC)(C3C=C4C(=CC3OC)N(C)[C@H]3[C@@](O)(C(=O)OC)[C@H](OC(C)=O)[C@]5(CC)C=CCN6CC[C@]43[C@@H]65)C2)C1. The lowest BCUT2D eigenvalue weighted by atomic mass is 9.47. The molecule has 4 saturated heterocycles. The fraction of sp³-hybridized carbons (Fsp3) is 0.653. The summed E-state index contributed by atoms with van der Waals surface area (Å²) in [5, 5.41) is 26.6. The Morgan fingerprint density at radius 1 is 0.952 bits per heavy atom. The highest BCUT2D eigenvalue weighted by Gasteiger charge is 2.81. The number of rotatable bonds is 8. The van der Waals surface area contributed by atoms with E-state index in [1.54, 1.807) is 7.11 Å². The second-order valence-corrected chi connectivity index (χ2v) is 20.1. The van der Waals surface area contributed by atoms with Crippen molar-refractivity contribution in [2.45, 2.75) is 107 Å². The topological polar surface area (TPSA) is 157 Å². The molecule has 5 fully saturated rings. The van der Waals surface area contributed by atoms with E-state index in [-0.39, 0.29) is 17.9 Å². The van der Waals surface area contributed by atoms with Crippen LogP contribution in [0.2, 0.25) is 0 Å². The quantitative estimate of drug-likeness (QED) is 0.200. The van der Waals surface area contributed by atoms with E-state index in [1.165, 1.54) is 21.1 Å². The molecule has 8 aliphatic rings. The monoisotopic (exact) mass is 867 g/mol. The Morgan fingerprint density at radius 3 is 2.40 bits per heavy atom. The Bertz CT molecular complexity index is 2320. The Hall–Kier alpha value is -4.21. The number of H-pyrrole nitrogens is 1. The van der Waals surface area contributed by atoms with Crippen LogP contribution in [-0.4, -0.2) is 157 Å². The molecule has 14 nitrogen and oxygen atoms in total. The summed E-state index contributed by atoms with van der Waals surface area (Å²) in [5.41, 5.74) is -0.633. The molecule has 0 radical (unpaired) electrons. The van der Waals surface area contributed by atoms with Crippen molar-refractivity contribution in [3.05, 3.63) is 65.0 Å². The Balaban J connectivity index is 1.24. The normalized spacial score (nSPS) is 40.2. The van der Waals surface area contributed by atoms with Crippen molar-refractivity contribution in [3.63, 3.8) is 0 Å². The van der Waals surface area contributed by atoms with Crippen LogP contribution in [0.15, 0.2) is 53.8 Å². The van der Waals surface area contributed by atoms with Crippen LogP contribution < -0.4 is 4.90 Å². The maximum Gasteiger partial charge on any atom is 0.344 e. The maximum absolute atomic E-state index is 15.6. The first kappa shape index (κ1) is 42.7. The van der Waals surface area contributed by atoms with Gasteiger partial charge in [-0.25, -0.2) is 4.79 Å². The smallest absolute Gasteiger partial charge is 0.344 e. The van der Waals surface area contributed by atoms with E-state index in [9.17, 15) is 19.8 Å². The molecule has 1 saturated carbocycles. The summed E-state index contributed by atoms with van der Waals surface area (Å²) in [6.45, 7) is 10.8. The van der Waals surface area contributed by atoms with Gasteiger partial charge >= 0.3 is 17.9 Å². The molecule has 6 aliphatic heterocycles. The molecule has 340 valence electrons. The number of piperidine rings is 1. The van der Waals surface area contributed by atoms with E-state index in [0.717, 1.165) is 71.7 Å². The number of methoxy groups -OCH3 is 3. The summed E-state index contributed by atoms with van der Waals surface area (Å²) in [4.78, 5) is 56.2. The van der Waals surface area contributed by atoms with Gasteiger partial charge < -0.3 is 43.9 Å². The van der Waals surface area contributed by atoms with Gasteiger partial charge in [0.05, 0.1) is 32.0 Å². The Morgan fingerprint density at radius 2 is 1.73 bits per heavy atom. The van der Waals surface area contributed by atoms with Crippen molar-refractivity contribution in [2.24, 2.45) is 22.7 Å². The van der Waals surface area contributed by atoms with Crippen LogP contribution >= 0.6 is 0 Å². The number of aliphatic hydroxyl groups is 2. The van der Waals surface area contributed by atoms with Crippen LogP contribution in [0.3, 0.4) is 0 Å². The average Bonchev–Trinajstić information content (AvgIpc) is 3.91. The van der Waals surface area contributed by atoms with E-state index in [1.807, 2.05) is 25.8 Å². The number of fused-ring (bicyclic) bond motifs is 6. The highest BCUT2D eigenvalue weighted by atomic mass is 16.6. The summed E-state index contributed by atoms with van der Waals surface area (Å²) in [7, 11) is 6.31. The lowest BCUT2D eigenvalue weighted by Gasteiger charge is -2.63. The number of aromatic nitrogens is 1. The molecular formula is C49H65N5O9. The van der Waals surface area contributed by atoms with Crippen LogP contribution in [0.4, 0.5) is 5.69 Å². The molecule has 1 aromatic carbocycles. The van der Waals surface area contributed by atoms with E-state index in [4.69, 9.17) is 18.9 Å². The van der Waals surface area contributed by atoms with Gasteiger partial charge in [0.1, 0.15) is 5.41 Å². The number of esters is 3. The minimum absolute atomic E-state index is 0.0722. The number of nitrogens with one attached hydrogen (secondary N) is 1. The molecule has 12 atom stereocenters. The van der Waals surface area contributed by atoms with Crippen molar-refractivity contribution in [1.82, 2.24) is 19.7 Å². The molecule has 7 heterocycles. The van der Waals surface area contributed by atoms with Gasteiger partial charge in [-0.1, -0.05) is 32.1 Å². The fourth-order valence-electron chi connectivity index (χ4n) is 14.8. The van der Waals surface area contributed by atoms with E-state index >= 15 is 4.79 Å². The van der Waals surface area contributed by atoms with Crippen molar-refractivity contribution >= 4 is 34.5 Å². The summed E-state index contributed by atoms with van der Waals surface area (Å²) >= 11 is 0. The highest BCUT2D eigenvalue weighted by Crippen LogP contribution is 2.70. The number of ether oxygens (including phenoxy) is 4. The molecule has 3 N–H and O–H groups in total. The molecule has 2 bridgehead atoms. The van der Waals surface area contributed by atoms with Crippen LogP contribution in [0.25, 0.3) is 10.9 Å². The maximum atomic E-state index is 15.6. The highest BCUT2D eigenvalue weighted by molar-refractivity contribution is 5.93. The summed E-state index contributed by atoms with van der Waals surface area (Å²) in [6, 6.07) is 5.39. The first-order valence-electron chi connectivity index (χ1n) is 23.2. The summed E-state index contributed by atoms with van der Waals surface area (Å²) in [6.07, 6.45) is 11.0. The average molecular weight is 868 g/mol. The molecule has 2 aromatic rings. The predicted octanol–water partition coefficient (Wildman–Crippen LogP) is 3.84. The molecule has 63 heavy (non-hydrogen) atoms. The number of likely N-dealkylation sites (tertiary alicyclic amines) is 1. The van der Waals surface area contributed by atoms with Crippen LogP contribution in [0.5, 0.6) is 0 Å². The standard InChI is InChI=1S/C49H65N5O9/c1-8-45(58)25-30-26-48(43(56)61-6,39-32(14-20-52(27-30)28-45)33-22-31(53-18-11-19-53)12-13-36(33)50-39)35-23-34-37(24-38(35)60-5)51(4)41-47(34)16-21-54-17-10-15-46(9-2,40(47)54)42(63-29(3)55)49(41,59)44(57)62-7/h10,12-13,15,22-24,30,35,38,40-42,50,58-59H,8-9,11,14,16-21,25-28H2,1-7H3/t30-,35?,38?,40+,41-,42-,45+,46-,47-,48+,49+/m1/s1. The number of hydrogen-bond donors (Lipinski definition) is 3. The van der Waals surface area contributed by atoms with E-state index in [2.05, 4.69) is 62.2 Å². The predicted molar refractivity (Wildman–Crippen MR) is 236 cm³/mol. The van der Waals surface area contributed by atoms with Gasteiger partial charge in [0.2, 0.25) is 5.60 Å². The van der Waals surface area contributed by atoms with Gasteiger partial charge in [-0.2, -0.15) is 0 Å². The third kappa shape index (κ3) is 5.69. The number of allylic oxidation sites excluding steroid dienone is 1. The lowest BCUT2D eigenvalue weighted by molar-refractivity contribution is -0.243. The number of aromatic amines is 1. The number of carbonyl (C=O) groups is 3.